The first-order valence-electron chi connectivity index (χ1n) is 4.81. The van der Waals surface area contributed by atoms with Gasteiger partial charge in [-0.05, 0) is 30.7 Å². The second kappa shape index (κ2) is 5.26. The molecular weight excluding hydrogens is 298 g/mol. The van der Waals surface area contributed by atoms with Crippen LogP contribution in [-0.4, -0.2) is 28.3 Å². The smallest absolute Gasteiger partial charge is 0.224 e. The lowest BCUT2D eigenvalue weighted by molar-refractivity contribution is 0.592. The quantitative estimate of drug-likeness (QED) is 0.780. The minimum absolute atomic E-state index is 0.0145. The van der Waals surface area contributed by atoms with Crippen molar-refractivity contribution in [1.29, 1.82) is 5.26 Å². The molecule has 0 aliphatic carbocycles. The predicted molar refractivity (Wildman–Crippen MR) is 67.6 cm³/mol. The fourth-order valence-electron chi connectivity index (χ4n) is 1.28. The van der Waals surface area contributed by atoms with Crippen molar-refractivity contribution < 1.29 is 16.8 Å². The van der Waals surface area contributed by atoms with Crippen LogP contribution in [-0.2, 0) is 18.9 Å². The summed E-state index contributed by atoms with van der Waals surface area (Å²) < 4.78 is 45.1. The number of hydrogen-bond acceptors (Lipinski definition) is 5. The topological polar surface area (TPSA) is 92.1 Å². The van der Waals surface area contributed by atoms with Crippen LogP contribution in [0.4, 0.5) is 0 Å². The van der Waals surface area contributed by atoms with Crippen LogP contribution in [0.15, 0.2) is 23.1 Å². The van der Waals surface area contributed by atoms with Crippen molar-refractivity contribution in [3.05, 3.63) is 29.3 Å². The third-order valence-electron chi connectivity index (χ3n) is 2.27. The fraction of sp³-hybridized carbons (Fsp3) is 0.300. The Labute approximate surface area is 110 Å². The molecule has 0 spiro atoms. The lowest BCUT2D eigenvalue weighted by atomic mass is 10.1. The first kappa shape index (κ1) is 15.0. The SMILES string of the molecule is Cc1cc(S(=O)(=O)CCS(=O)(=O)Cl)ccc1C#N. The van der Waals surface area contributed by atoms with E-state index in [-0.39, 0.29) is 4.90 Å². The van der Waals surface area contributed by atoms with E-state index in [9.17, 15) is 16.8 Å². The number of sulfone groups is 1. The molecule has 0 saturated heterocycles. The van der Waals surface area contributed by atoms with Crippen LogP contribution < -0.4 is 0 Å². The van der Waals surface area contributed by atoms with E-state index < -0.39 is 30.4 Å². The van der Waals surface area contributed by atoms with Crippen molar-refractivity contribution in [2.24, 2.45) is 0 Å². The maximum Gasteiger partial charge on any atom is 0.233 e. The molecule has 0 aliphatic rings. The molecule has 0 atom stereocenters. The summed E-state index contributed by atoms with van der Waals surface area (Å²) in [7, 11) is -2.59. The van der Waals surface area contributed by atoms with E-state index in [0.29, 0.717) is 11.1 Å². The van der Waals surface area contributed by atoms with Crippen LogP contribution in [0.3, 0.4) is 0 Å². The molecule has 5 nitrogen and oxygen atoms in total. The molecule has 0 bridgehead atoms. The Morgan fingerprint density at radius 3 is 2.28 bits per heavy atom. The highest BCUT2D eigenvalue weighted by Crippen LogP contribution is 2.17. The van der Waals surface area contributed by atoms with Gasteiger partial charge in [0.15, 0.2) is 9.84 Å². The Hall–Kier alpha value is -1.10. The van der Waals surface area contributed by atoms with Gasteiger partial charge in [-0.25, -0.2) is 16.8 Å². The minimum atomic E-state index is -3.85. The highest BCUT2D eigenvalue weighted by molar-refractivity contribution is 8.14. The van der Waals surface area contributed by atoms with Crippen LogP contribution in [0, 0.1) is 18.3 Å². The molecule has 0 amide bonds. The zero-order valence-electron chi connectivity index (χ0n) is 9.42. The molecule has 0 aliphatic heterocycles. The molecule has 98 valence electrons. The van der Waals surface area contributed by atoms with Crippen molar-refractivity contribution in [2.45, 2.75) is 11.8 Å². The molecule has 1 aromatic carbocycles. The monoisotopic (exact) mass is 307 g/mol. The average Bonchev–Trinajstić information content (AvgIpc) is 2.25. The van der Waals surface area contributed by atoms with E-state index in [4.69, 9.17) is 15.9 Å². The molecule has 0 aromatic heterocycles. The van der Waals surface area contributed by atoms with Crippen molar-refractivity contribution in [1.82, 2.24) is 0 Å². The number of nitrogens with zero attached hydrogens (tertiary/aromatic N) is 1. The second-order valence-corrected chi connectivity index (χ2v) is 8.66. The third-order valence-corrected chi connectivity index (χ3v) is 5.40. The third kappa shape index (κ3) is 3.98. The lowest BCUT2D eigenvalue weighted by Crippen LogP contribution is -2.14. The highest BCUT2D eigenvalue weighted by atomic mass is 35.7. The van der Waals surface area contributed by atoms with Crippen molar-refractivity contribution >= 4 is 29.6 Å². The fourth-order valence-corrected chi connectivity index (χ4v) is 4.39. The zero-order chi connectivity index (χ0) is 14.0. The van der Waals surface area contributed by atoms with Crippen LogP contribution >= 0.6 is 10.7 Å². The summed E-state index contributed by atoms with van der Waals surface area (Å²) in [5.41, 5.74) is 0.895. The molecule has 0 N–H and O–H groups in total. The number of nitriles is 1. The van der Waals surface area contributed by atoms with Crippen LogP contribution in [0.2, 0.25) is 0 Å². The van der Waals surface area contributed by atoms with Gasteiger partial charge in [-0.2, -0.15) is 5.26 Å². The molecule has 0 unspecified atom stereocenters. The Morgan fingerprint density at radius 2 is 1.83 bits per heavy atom. The molecule has 0 heterocycles. The summed E-state index contributed by atoms with van der Waals surface area (Å²) >= 11 is 0. The molecule has 1 aromatic rings. The maximum atomic E-state index is 11.8. The van der Waals surface area contributed by atoms with E-state index in [1.807, 2.05) is 6.07 Å². The lowest BCUT2D eigenvalue weighted by Gasteiger charge is -2.05. The molecule has 1 rings (SSSR count). The normalized spacial score (nSPS) is 12.1. The van der Waals surface area contributed by atoms with E-state index >= 15 is 0 Å². The number of aryl methyl sites for hydroxylation is 1. The standard InChI is InChI=1S/C10H10ClNO4S2/c1-8-6-10(3-2-9(8)7-12)17(13,14)4-5-18(11,15)16/h2-3,6H,4-5H2,1H3. The van der Waals surface area contributed by atoms with Gasteiger partial charge in [0.05, 0.1) is 28.0 Å². The second-order valence-electron chi connectivity index (χ2n) is 3.65. The number of rotatable bonds is 4. The first-order valence-corrected chi connectivity index (χ1v) is 8.94. The maximum absolute atomic E-state index is 11.8. The summed E-state index contributed by atoms with van der Waals surface area (Å²) in [6, 6.07) is 5.93. The molecule has 0 radical (unpaired) electrons. The molecule has 0 fully saturated rings. The largest absolute Gasteiger partial charge is 0.233 e. The van der Waals surface area contributed by atoms with E-state index in [0.717, 1.165) is 0 Å². The molecule has 8 heteroatoms. The van der Waals surface area contributed by atoms with E-state index in [1.165, 1.54) is 18.2 Å². The zero-order valence-corrected chi connectivity index (χ0v) is 11.8. The molecule has 18 heavy (non-hydrogen) atoms. The first-order chi connectivity index (χ1) is 8.15. The van der Waals surface area contributed by atoms with Gasteiger partial charge in [-0.3, -0.25) is 0 Å². The Morgan fingerprint density at radius 1 is 1.22 bits per heavy atom. The van der Waals surface area contributed by atoms with Gasteiger partial charge in [-0.15, -0.1) is 0 Å². The van der Waals surface area contributed by atoms with Crippen molar-refractivity contribution in [3.8, 4) is 6.07 Å². The minimum Gasteiger partial charge on any atom is -0.224 e. The Bertz CT molecular complexity index is 702. The summed E-state index contributed by atoms with van der Waals surface area (Å²) in [6.07, 6.45) is 0. The summed E-state index contributed by atoms with van der Waals surface area (Å²) in [4.78, 5) is -0.0145. The summed E-state index contributed by atoms with van der Waals surface area (Å²) in [5.74, 6) is -1.22. The van der Waals surface area contributed by atoms with Gasteiger partial charge in [0, 0.05) is 10.7 Å². The molecular formula is C10H10ClNO4S2. The van der Waals surface area contributed by atoms with Gasteiger partial charge in [-0.1, -0.05) is 0 Å². The van der Waals surface area contributed by atoms with E-state index in [2.05, 4.69) is 0 Å². The van der Waals surface area contributed by atoms with Gasteiger partial charge in [0.2, 0.25) is 9.05 Å². The van der Waals surface area contributed by atoms with Crippen molar-refractivity contribution in [2.75, 3.05) is 11.5 Å². The number of hydrogen-bond donors (Lipinski definition) is 0. The number of benzene rings is 1. The van der Waals surface area contributed by atoms with E-state index in [1.54, 1.807) is 6.92 Å². The van der Waals surface area contributed by atoms with Crippen LogP contribution in [0.25, 0.3) is 0 Å². The Kier molecular flexibility index (Phi) is 4.37. The highest BCUT2D eigenvalue weighted by Gasteiger charge is 2.19. The Balaban J connectivity index is 3.07. The average molecular weight is 308 g/mol. The summed E-state index contributed by atoms with van der Waals surface area (Å²) in [6.45, 7) is 1.61. The summed E-state index contributed by atoms with van der Waals surface area (Å²) in [5, 5.41) is 8.73. The van der Waals surface area contributed by atoms with Crippen LogP contribution in [0.5, 0.6) is 0 Å². The van der Waals surface area contributed by atoms with Crippen molar-refractivity contribution in [3.63, 3.8) is 0 Å². The predicted octanol–water partition coefficient (Wildman–Crippen LogP) is 1.21. The van der Waals surface area contributed by atoms with Gasteiger partial charge >= 0.3 is 0 Å². The van der Waals surface area contributed by atoms with Gasteiger partial charge in [0.25, 0.3) is 0 Å². The number of halogens is 1. The molecule has 0 saturated carbocycles. The van der Waals surface area contributed by atoms with Crippen LogP contribution in [0.1, 0.15) is 11.1 Å². The van der Waals surface area contributed by atoms with Gasteiger partial charge in [0.1, 0.15) is 0 Å². The van der Waals surface area contributed by atoms with Gasteiger partial charge < -0.3 is 0 Å².